The summed E-state index contributed by atoms with van der Waals surface area (Å²) in [4.78, 5) is 28.2. The van der Waals surface area contributed by atoms with Crippen molar-refractivity contribution in [2.24, 2.45) is 0 Å². The molecule has 0 amide bonds. The van der Waals surface area contributed by atoms with Crippen molar-refractivity contribution in [2.45, 2.75) is 12.8 Å². The molecule has 0 radical (unpaired) electrons. The molecular weight excluding hydrogens is 272 g/mol. The molecule has 0 bridgehead atoms. The number of carbonyl (C=O) groups is 2. The van der Waals surface area contributed by atoms with Crippen LogP contribution in [0.5, 0.6) is 0 Å². The summed E-state index contributed by atoms with van der Waals surface area (Å²) in [6.07, 6.45) is 3.25. The molecule has 3 heterocycles. The molecule has 0 spiro atoms. The predicted octanol–water partition coefficient (Wildman–Crippen LogP) is 1.03. The third kappa shape index (κ3) is 2.08. The van der Waals surface area contributed by atoms with Gasteiger partial charge < -0.3 is 14.8 Å². The zero-order valence-corrected chi connectivity index (χ0v) is 11.7. The van der Waals surface area contributed by atoms with Crippen LogP contribution in [-0.4, -0.2) is 30.6 Å². The lowest BCUT2D eigenvalue weighted by molar-refractivity contribution is -0.136. The Kier molecular flexibility index (Phi) is 3.21. The Bertz CT molecular complexity index is 676. The molecule has 3 rings (SSSR count). The van der Waals surface area contributed by atoms with Gasteiger partial charge in [-0.25, -0.2) is 9.59 Å². The number of hydrogen-bond acceptors (Lipinski definition) is 6. The molecule has 0 fully saturated rings. The predicted molar refractivity (Wildman–Crippen MR) is 72.8 cm³/mol. The van der Waals surface area contributed by atoms with Crippen LogP contribution in [0.2, 0.25) is 0 Å². The van der Waals surface area contributed by atoms with E-state index in [4.69, 9.17) is 9.47 Å². The van der Waals surface area contributed by atoms with E-state index in [0.717, 1.165) is 5.56 Å². The summed E-state index contributed by atoms with van der Waals surface area (Å²) in [5.41, 5.74) is 3.05. The van der Waals surface area contributed by atoms with Gasteiger partial charge in [-0.2, -0.15) is 0 Å². The van der Waals surface area contributed by atoms with E-state index in [2.05, 4.69) is 10.3 Å². The van der Waals surface area contributed by atoms with Gasteiger partial charge >= 0.3 is 11.9 Å². The average molecular weight is 286 g/mol. The summed E-state index contributed by atoms with van der Waals surface area (Å²) in [5, 5.41) is 3.07. The number of nitrogens with one attached hydrogen (secondary N) is 1. The van der Waals surface area contributed by atoms with E-state index in [-0.39, 0.29) is 6.61 Å². The molecule has 1 aromatic heterocycles. The van der Waals surface area contributed by atoms with Crippen molar-refractivity contribution < 1.29 is 19.1 Å². The fourth-order valence-electron chi connectivity index (χ4n) is 2.74. The zero-order valence-electron chi connectivity index (χ0n) is 11.7. The molecule has 0 saturated heterocycles. The number of hydrogen-bond donors (Lipinski definition) is 1. The van der Waals surface area contributed by atoms with Crippen molar-refractivity contribution in [1.29, 1.82) is 0 Å². The molecule has 0 aliphatic carbocycles. The average Bonchev–Trinajstić information content (AvgIpc) is 2.87. The number of esters is 2. The van der Waals surface area contributed by atoms with Crippen molar-refractivity contribution in [2.75, 3.05) is 13.7 Å². The van der Waals surface area contributed by atoms with Crippen LogP contribution in [0.25, 0.3) is 0 Å². The molecule has 21 heavy (non-hydrogen) atoms. The maximum Gasteiger partial charge on any atom is 0.337 e. The SMILES string of the molecule is COC(=O)C1=C(C)NC2=C(C(=O)OC2)[C@@H]1c1ccncc1. The van der Waals surface area contributed by atoms with Crippen LogP contribution in [0.3, 0.4) is 0 Å². The maximum absolute atomic E-state index is 12.1. The minimum atomic E-state index is -0.494. The Labute approximate surface area is 121 Å². The van der Waals surface area contributed by atoms with Crippen molar-refractivity contribution in [3.8, 4) is 0 Å². The van der Waals surface area contributed by atoms with Gasteiger partial charge in [-0.15, -0.1) is 0 Å². The molecule has 6 heteroatoms. The number of methoxy groups -OCH3 is 1. The first-order valence-electron chi connectivity index (χ1n) is 6.49. The van der Waals surface area contributed by atoms with Gasteiger partial charge in [0, 0.05) is 18.1 Å². The Morgan fingerprint density at radius 2 is 2.14 bits per heavy atom. The molecule has 0 unspecified atom stereocenters. The highest BCUT2D eigenvalue weighted by Gasteiger charge is 2.41. The van der Waals surface area contributed by atoms with Gasteiger partial charge in [-0.3, -0.25) is 4.98 Å². The van der Waals surface area contributed by atoms with Crippen LogP contribution >= 0.6 is 0 Å². The van der Waals surface area contributed by atoms with E-state index in [1.165, 1.54) is 7.11 Å². The number of aromatic nitrogens is 1. The molecule has 6 nitrogen and oxygen atoms in total. The van der Waals surface area contributed by atoms with Crippen molar-refractivity contribution in [3.05, 3.63) is 52.6 Å². The van der Waals surface area contributed by atoms with Gasteiger partial charge in [0.1, 0.15) is 6.61 Å². The molecule has 108 valence electrons. The van der Waals surface area contributed by atoms with Crippen LogP contribution in [0.15, 0.2) is 47.1 Å². The first kappa shape index (κ1) is 13.4. The minimum absolute atomic E-state index is 0.196. The van der Waals surface area contributed by atoms with Gasteiger partial charge in [0.05, 0.1) is 29.9 Å². The Morgan fingerprint density at radius 1 is 1.43 bits per heavy atom. The summed E-state index contributed by atoms with van der Waals surface area (Å²) < 4.78 is 9.96. The fraction of sp³-hybridized carbons (Fsp3) is 0.267. The van der Waals surface area contributed by atoms with Crippen LogP contribution < -0.4 is 5.32 Å². The molecule has 1 aromatic rings. The molecule has 2 aliphatic heterocycles. The first-order valence-corrected chi connectivity index (χ1v) is 6.49. The van der Waals surface area contributed by atoms with Crippen molar-refractivity contribution in [1.82, 2.24) is 10.3 Å². The quantitative estimate of drug-likeness (QED) is 0.818. The van der Waals surface area contributed by atoms with Crippen LogP contribution in [0.1, 0.15) is 18.4 Å². The number of allylic oxidation sites excluding steroid dienone is 1. The highest BCUT2D eigenvalue weighted by Crippen LogP contribution is 2.40. The van der Waals surface area contributed by atoms with Gasteiger partial charge in [0.25, 0.3) is 0 Å². The van der Waals surface area contributed by atoms with Crippen LogP contribution in [0.4, 0.5) is 0 Å². The third-order valence-corrected chi connectivity index (χ3v) is 3.66. The maximum atomic E-state index is 12.1. The monoisotopic (exact) mass is 286 g/mol. The number of cyclic esters (lactones) is 1. The second-order valence-corrected chi connectivity index (χ2v) is 4.84. The standard InChI is InChI=1S/C15H14N2O4/c1-8-11(14(18)20-2)12(9-3-5-16-6-4-9)13-10(17-8)7-21-15(13)19/h3-6,12,17H,7H2,1-2H3/t12-/m1/s1. The Hall–Kier alpha value is -2.63. The largest absolute Gasteiger partial charge is 0.466 e. The van der Waals surface area contributed by atoms with Gasteiger partial charge in [-0.05, 0) is 24.6 Å². The smallest absolute Gasteiger partial charge is 0.337 e. The summed E-state index contributed by atoms with van der Waals surface area (Å²) in [7, 11) is 1.32. The molecule has 2 aliphatic rings. The normalized spacial score (nSPS) is 20.9. The second kappa shape index (κ2) is 5.05. The van der Waals surface area contributed by atoms with Gasteiger partial charge in [0.15, 0.2) is 0 Å². The Balaban J connectivity index is 2.17. The summed E-state index contributed by atoms with van der Waals surface area (Å²) >= 11 is 0. The lowest BCUT2D eigenvalue weighted by Gasteiger charge is -2.27. The topological polar surface area (TPSA) is 77.5 Å². The molecular formula is C15H14N2O4. The van der Waals surface area contributed by atoms with E-state index < -0.39 is 17.9 Å². The number of rotatable bonds is 2. The summed E-state index contributed by atoms with van der Waals surface area (Å²) in [6, 6.07) is 3.56. The number of carbonyl (C=O) groups excluding carboxylic acids is 2. The van der Waals surface area contributed by atoms with E-state index in [9.17, 15) is 9.59 Å². The molecule has 0 saturated carbocycles. The molecule has 1 atom stereocenters. The minimum Gasteiger partial charge on any atom is -0.466 e. The van der Waals surface area contributed by atoms with Crippen LogP contribution in [0, 0.1) is 0 Å². The van der Waals surface area contributed by atoms with E-state index in [1.807, 2.05) is 0 Å². The van der Waals surface area contributed by atoms with Crippen molar-refractivity contribution in [3.63, 3.8) is 0 Å². The summed E-state index contributed by atoms with van der Waals surface area (Å²) in [6.45, 7) is 1.98. The van der Waals surface area contributed by atoms with E-state index in [1.54, 1.807) is 31.5 Å². The number of nitrogens with zero attached hydrogens (tertiary/aromatic N) is 1. The highest BCUT2D eigenvalue weighted by atomic mass is 16.5. The van der Waals surface area contributed by atoms with E-state index in [0.29, 0.717) is 22.5 Å². The Morgan fingerprint density at radius 3 is 2.81 bits per heavy atom. The van der Waals surface area contributed by atoms with Crippen LogP contribution in [-0.2, 0) is 19.1 Å². The van der Waals surface area contributed by atoms with Gasteiger partial charge in [0.2, 0.25) is 0 Å². The zero-order chi connectivity index (χ0) is 15.0. The molecule has 0 aromatic carbocycles. The first-order chi connectivity index (χ1) is 10.1. The fourth-order valence-corrected chi connectivity index (χ4v) is 2.74. The molecule has 1 N–H and O–H groups in total. The summed E-state index contributed by atoms with van der Waals surface area (Å²) in [5.74, 6) is -1.37. The number of dihydropyridines is 1. The van der Waals surface area contributed by atoms with E-state index >= 15 is 0 Å². The van der Waals surface area contributed by atoms with Gasteiger partial charge in [-0.1, -0.05) is 0 Å². The lowest BCUT2D eigenvalue weighted by atomic mass is 9.81. The lowest BCUT2D eigenvalue weighted by Crippen LogP contribution is -2.29. The van der Waals surface area contributed by atoms with Crippen molar-refractivity contribution >= 4 is 11.9 Å². The third-order valence-electron chi connectivity index (χ3n) is 3.66. The number of ether oxygens (including phenoxy) is 2. The highest BCUT2D eigenvalue weighted by molar-refractivity contribution is 6.01. The second-order valence-electron chi connectivity index (χ2n) is 4.84. The number of pyridine rings is 1.